The van der Waals surface area contributed by atoms with Crippen LogP contribution < -0.4 is 5.73 Å². The molecule has 1 aromatic heterocycles. The van der Waals surface area contributed by atoms with Crippen molar-refractivity contribution >= 4 is 0 Å². The van der Waals surface area contributed by atoms with E-state index in [0.29, 0.717) is 18.5 Å². The Morgan fingerprint density at radius 1 is 1.38 bits per heavy atom. The Bertz CT molecular complexity index is 335. The number of hydrogen-bond donors (Lipinski definition) is 1. The van der Waals surface area contributed by atoms with Crippen LogP contribution in [0.25, 0.3) is 0 Å². The van der Waals surface area contributed by atoms with Crippen LogP contribution in [0.5, 0.6) is 0 Å². The fourth-order valence-corrected chi connectivity index (χ4v) is 2.61. The summed E-state index contributed by atoms with van der Waals surface area (Å²) in [6.07, 6.45) is 6.65. The van der Waals surface area contributed by atoms with Gasteiger partial charge < -0.3 is 5.73 Å². The zero-order valence-corrected chi connectivity index (χ0v) is 10.4. The van der Waals surface area contributed by atoms with Crippen LogP contribution in [-0.2, 0) is 6.54 Å². The van der Waals surface area contributed by atoms with Crippen molar-refractivity contribution in [3.05, 3.63) is 17.5 Å². The van der Waals surface area contributed by atoms with Gasteiger partial charge in [-0.3, -0.25) is 4.68 Å². The van der Waals surface area contributed by atoms with Crippen LogP contribution in [0.2, 0.25) is 0 Å². The molecule has 1 heterocycles. The molecule has 1 saturated carbocycles. The lowest BCUT2D eigenvalue weighted by Crippen LogP contribution is -2.17. The van der Waals surface area contributed by atoms with Gasteiger partial charge >= 0.3 is 0 Å². The third-order valence-corrected chi connectivity index (χ3v) is 3.54. The van der Waals surface area contributed by atoms with E-state index in [9.17, 15) is 0 Å². The van der Waals surface area contributed by atoms with Gasteiger partial charge in [0.05, 0.1) is 11.7 Å². The Kier molecular flexibility index (Phi) is 3.64. The van der Waals surface area contributed by atoms with E-state index in [1.165, 1.54) is 37.8 Å². The highest BCUT2D eigenvalue weighted by Crippen LogP contribution is 2.30. The van der Waals surface area contributed by atoms with E-state index in [1.807, 2.05) is 0 Å². The lowest BCUT2D eigenvalue weighted by atomic mass is 9.95. The second-order valence-corrected chi connectivity index (χ2v) is 5.16. The molecule has 1 aromatic rings. The van der Waals surface area contributed by atoms with Gasteiger partial charge in [0.2, 0.25) is 0 Å². The molecule has 0 bridgehead atoms. The predicted molar refractivity (Wildman–Crippen MR) is 66.3 cm³/mol. The molecule has 0 saturated heterocycles. The van der Waals surface area contributed by atoms with Crippen molar-refractivity contribution in [3.8, 4) is 0 Å². The monoisotopic (exact) mass is 221 g/mol. The summed E-state index contributed by atoms with van der Waals surface area (Å²) in [5.74, 6) is 0.537. The standard InChI is InChI=1S/C13H23N3/c1-10(2)13-8-11(9-14)15-16(13)12-6-4-3-5-7-12/h8,10,12H,3-7,9,14H2,1-2H3. The number of rotatable bonds is 3. The predicted octanol–water partition coefficient (Wildman–Crippen LogP) is 2.97. The second kappa shape index (κ2) is 5.00. The van der Waals surface area contributed by atoms with Gasteiger partial charge in [-0.25, -0.2) is 0 Å². The van der Waals surface area contributed by atoms with Crippen molar-refractivity contribution in [2.24, 2.45) is 5.73 Å². The van der Waals surface area contributed by atoms with Crippen molar-refractivity contribution in [2.75, 3.05) is 0 Å². The molecule has 0 spiro atoms. The maximum absolute atomic E-state index is 5.69. The molecule has 0 atom stereocenters. The second-order valence-electron chi connectivity index (χ2n) is 5.16. The highest BCUT2D eigenvalue weighted by Gasteiger charge is 2.20. The van der Waals surface area contributed by atoms with E-state index < -0.39 is 0 Å². The third kappa shape index (κ3) is 2.29. The molecule has 0 unspecified atom stereocenters. The van der Waals surface area contributed by atoms with Crippen molar-refractivity contribution < 1.29 is 0 Å². The molecule has 0 aliphatic heterocycles. The third-order valence-electron chi connectivity index (χ3n) is 3.54. The molecule has 16 heavy (non-hydrogen) atoms. The lowest BCUT2D eigenvalue weighted by molar-refractivity contribution is 0.318. The van der Waals surface area contributed by atoms with E-state index in [2.05, 4.69) is 29.7 Å². The fraction of sp³-hybridized carbons (Fsp3) is 0.769. The van der Waals surface area contributed by atoms with Crippen LogP contribution in [0.4, 0.5) is 0 Å². The van der Waals surface area contributed by atoms with Crippen molar-refractivity contribution in [1.82, 2.24) is 9.78 Å². The average molecular weight is 221 g/mol. The van der Waals surface area contributed by atoms with E-state index in [4.69, 9.17) is 5.73 Å². The first kappa shape index (κ1) is 11.6. The van der Waals surface area contributed by atoms with Gasteiger partial charge in [0, 0.05) is 12.2 Å². The smallest absolute Gasteiger partial charge is 0.0763 e. The summed E-state index contributed by atoms with van der Waals surface area (Å²) in [6, 6.07) is 2.80. The molecule has 0 amide bonds. The van der Waals surface area contributed by atoms with Gasteiger partial charge in [-0.1, -0.05) is 33.1 Å². The molecule has 1 aliphatic rings. The first-order valence-corrected chi connectivity index (χ1v) is 6.50. The van der Waals surface area contributed by atoms with Gasteiger partial charge in [-0.2, -0.15) is 5.10 Å². The summed E-state index contributed by atoms with van der Waals surface area (Å²) in [6.45, 7) is 5.02. The maximum Gasteiger partial charge on any atom is 0.0763 e. The topological polar surface area (TPSA) is 43.8 Å². The molecule has 3 nitrogen and oxygen atoms in total. The summed E-state index contributed by atoms with van der Waals surface area (Å²) >= 11 is 0. The summed E-state index contributed by atoms with van der Waals surface area (Å²) in [4.78, 5) is 0. The van der Waals surface area contributed by atoms with E-state index in [-0.39, 0.29) is 0 Å². The molecule has 90 valence electrons. The minimum atomic E-state index is 0.537. The number of nitrogens with two attached hydrogens (primary N) is 1. The Hall–Kier alpha value is -0.830. The fourth-order valence-electron chi connectivity index (χ4n) is 2.61. The molecule has 0 radical (unpaired) electrons. The molecule has 2 N–H and O–H groups in total. The Morgan fingerprint density at radius 3 is 2.62 bits per heavy atom. The number of nitrogens with zero attached hydrogens (tertiary/aromatic N) is 2. The van der Waals surface area contributed by atoms with Crippen LogP contribution >= 0.6 is 0 Å². The molecule has 0 aromatic carbocycles. The summed E-state index contributed by atoms with van der Waals surface area (Å²) in [7, 11) is 0. The van der Waals surface area contributed by atoms with Crippen LogP contribution in [0, 0.1) is 0 Å². The van der Waals surface area contributed by atoms with E-state index in [1.54, 1.807) is 0 Å². The lowest BCUT2D eigenvalue weighted by Gasteiger charge is -2.24. The largest absolute Gasteiger partial charge is 0.325 e. The van der Waals surface area contributed by atoms with Crippen molar-refractivity contribution in [2.45, 2.75) is 64.5 Å². The van der Waals surface area contributed by atoms with Crippen LogP contribution in [0.3, 0.4) is 0 Å². The molecule has 2 rings (SSSR count). The minimum Gasteiger partial charge on any atom is -0.325 e. The van der Waals surface area contributed by atoms with Crippen molar-refractivity contribution in [3.63, 3.8) is 0 Å². The summed E-state index contributed by atoms with van der Waals surface area (Å²) in [5, 5.41) is 4.67. The molecular weight excluding hydrogens is 198 g/mol. The average Bonchev–Trinajstić information content (AvgIpc) is 2.74. The van der Waals surface area contributed by atoms with Gasteiger partial charge in [-0.15, -0.1) is 0 Å². The first-order chi connectivity index (χ1) is 7.72. The molecule has 1 fully saturated rings. The Balaban J connectivity index is 2.26. The highest BCUT2D eigenvalue weighted by molar-refractivity contribution is 5.14. The SMILES string of the molecule is CC(C)c1cc(CN)nn1C1CCCCC1. The summed E-state index contributed by atoms with van der Waals surface area (Å²) < 4.78 is 2.26. The Morgan fingerprint density at radius 2 is 2.06 bits per heavy atom. The zero-order valence-electron chi connectivity index (χ0n) is 10.4. The van der Waals surface area contributed by atoms with E-state index in [0.717, 1.165) is 5.69 Å². The quantitative estimate of drug-likeness (QED) is 0.852. The molecule has 3 heteroatoms. The highest BCUT2D eigenvalue weighted by atomic mass is 15.3. The first-order valence-electron chi connectivity index (χ1n) is 6.50. The number of aromatic nitrogens is 2. The number of hydrogen-bond acceptors (Lipinski definition) is 2. The van der Waals surface area contributed by atoms with E-state index >= 15 is 0 Å². The normalized spacial score (nSPS) is 18.2. The van der Waals surface area contributed by atoms with Crippen LogP contribution in [-0.4, -0.2) is 9.78 Å². The van der Waals surface area contributed by atoms with Crippen LogP contribution in [0.1, 0.15) is 69.3 Å². The van der Waals surface area contributed by atoms with Gasteiger partial charge in [0.25, 0.3) is 0 Å². The van der Waals surface area contributed by atoms with Crippen molar-refractivity contribution in [1.29, 1.82) is 0 Å². The van der Waals surface area contributed by atoms with Gasteiger partial charge in [0.1, 0.15) is 0 Å². The summed E-state index contributed by atoms with van der Waals surface area (Å²) in [5.41, 5.74) is 8.08. The zero-order chi connectivity index (χ0) is 11.5. The van der Waals surface area contributed by atoms with Crippen LogP contribution in [0.15, 0.2) is 6.07 Å². The van der Waals surface area contributed by atoms with Gasteiger partial charge in [-0.05, 0) is 24.8 Å². The minimum absolute atomic E-state index is 0.537. The Labute approximate surface area is 98.0 Å². The molecule has 1 aliphatic carbocycles. The molecular formula is C13H23N3. The van der Waals surface area contributed by atoms with Gasteiger partial charge in [0.15, 0.2) is 0 Å². The maximum atomic E-state index is 5.69.